The highest BCUT2D eigenvalue weighted by atomic mass is 16.6. The molecule has 0 N–H and O–H groups in total. The fourth-order valence-corrected chi connectivity index (χ4v) is 6.60. The summed E-state index contributed by atoms with van der Waals surface area (Å²) in [5.74, 6) is -0.994. The minimum absolute atomic E-state index is 0.107. The summed E-state index contributed by atoms with van der Waals surface area (Å²) in [6.07, 6.45) is 65.4. The van der Waals surface area contributed by atoms with E-state index < -0.39 is 6.10 Å². The number of carbonyl (C=O) groups excluding carboxylic acids is 3. The Kier molecular flexibility index (Phi) is 47.0. The molecule has 0 fully saturated rings. The molecule has 0 aliphatic rings. The third kappa shape index (κ3) is 47.4. The highest BCUT2D eigenvalue weighted by molar-refractivity contribution is 5.71. The Morgan fingerprint density at radius 1 is 0.355 bits per heavy atom. The zero-order valence-corrected chi connectivity index (χ0v) is 40.1. The largest absolute Gasteiger partial charge is 0.462 e. The molecule has 0 aromatic rings. The molecule has 0 aromatic heterocycles. The SMILES string of the molecule is CC/C=C\C/C=C\C/C=C\C/C=C\C/C=C\CCCC(=O)OC(COC(=O)CCCCCCC\C=C/C=C\C=C/CCCCCCC)COC(=O)CCCCCCCCCCC. The van der Waals surface area contributed by atoms with Crippen LogP contribution in [0.15, 0.2) is 97.2 Å². The molecule has 0 aromatic carbocycles. The second kappa shape index (κ2) is 50.0. The Bertz CT molecular complexity index is 1260. The standard InChI is InChI=1S/C56H92O6/c1-4-7-10-13-16-19-21-23-25-27-29-30-32-34-37-40-43-46-49-55(58)61-52-53(51-60-54(57)48-45-42-39-36-18-15-12-9-6-3)62-56(59)50-47-44-41-38-35-33-31-28-26-24-22-20-17-14-11-8-5-2/h8,11,17,20-21,23-27,29-31,33,38,41,53H,4-7,9-10,12-16,18-19,22,28,32,34-37,39-40,42-52H2,1-3H3/b11-8-,20-17-,23-21-,26-24-,27-25-,30-29-,33-31-,41-38-. The molecule has 0 aliphatic carbocycles. The summed E-state index contributed by atoms with van der Waals surface area (Å²) in [4.78, 5) is 37.8. The summed E-state index contributed by atoms with van der Waals surface area (Å²) in [5, 5.41) is 0. The fraction of sp³-hybridized carbons (Fsp3) is 0.661. The van der Waals surface area contributed by atoms with Crippen molar-refractivity contribution in [2.24, 2.45) is 0 Å². The smallest absolute Gasteiger partial charge is 0.306 e. The second-order valence-electron chi connectivity index (χ2n) is 16.4. The van der Waals surface area contributed by atoms with Crippen molar-refractivity contribution in [1.29, 1.82) is 0 Å². The summed E-state index contributed by atoms with van der Waals surface area (Å²) >= 11 is 0. The van der Waals surface area contributed by atoms with Crippen LogP contribution in [0.1, 0.15) is 220 Å². The molecule has 6 heteroatoms. The van der Waals surface area contributed by atoms with E-state index in [0.717, 1.165) is 103 Å². The van der Waals surface area contributed by atoms with E-state index in [1.165, 1.54) is 70.6 Å². The van der Waals surface area contributed by atoms with Gasteiger partial charge in [-0.2, -0.15) is 0 Å². The maximum Gasteiger partial charge on any atom is 0.306 e. The molecule has 62 heavy (non-hydrogen) atoms. The molecule has 1 unspecified atom stereocenters. The van der Waals surface area contributed by atoms with Gasteiger partial charge in [-0.15, -0.1) is 0 Å². The first-order chi connectivity index (χ1) is 30.5. The molecule has 0 radical (unpaired) electrons. The molecule has 6 nitrogen and oxygen atoms in total. The average Bonchev–Trinajstić information content (AvgIpc) is 3.27. The molecule has 0 aliphatic heterocycles. The molecule has 352 valence electrons. The molecular weight excluding hydrogens is 769 g/mol. The van der Waals surface area contributed by atoms with Crippen molar-refractivity contribution < 1.29 is 28.6 Å². The third-order valence-electron chi connectivity index (χ3n) is 10.4. The van der Waals surface area contributed by atoms with Gasteiger partial charge in [-0.25, -0.2) is 0 Å². The Balaban J connectivity index is 4.48. The second-order valence-corrected chi connectivity index (χ2v) is 16.4. The number of allylic oxidation sites excluding steroid dienone is 16. The zero-order valence-electron chi connectivity index (χ0n) is 40.1. The van der Waals surface area contributed by atoms with Crippen molar-refractivity contribution in [2.45, 2.75) is 226 Å². The number of ether oxygens (including phenoxy) is 3. The third-order valence-corrected chi connectivity index (χ3v) is 10.4. The Hall–Kier alpha value is -3.67. The summed E-state index contributed by atoms with van der Waals surface area (Å²) in [5.41, 5.74) is 0. The van der Waals surface area contributed by atoms with Gasteiger partial charge in [0.1, 0.15) is 13.2 Å². The van der Waals surface area contributed by atoms with Crippen LogP contribution in [-0.2, 0) is 28.6 Å². The molecule has 0 bridgehead atoms. The van der Waals surface area contributed by atoms with Crippen LogP contribution in [-0.4, -0.2) is 37.2 Å². The quantitative estimate of drug-likeness (QED) is 0.0200. The van der Waals surface area contributed by atoms with Gasteiger partial charge in [-0.05, 0) is 83.5 Å². The van der Waals surface area contributed by atoms with Crippen LogP contribution in [0.3, 0.4) is 0 Å². The van der Waals surface area contributed by atoms with E-state index in [1.54, 1.807) is 0 Å². The molecular formula is C56H92O6. The highest BCUT2D eigenvalue weighted by Crippen LogP contribution is 2.13. The summed E-state index contributed by atoms with van der Waals surface area (Å²) in [6.45, 7) is 6.41. The Morgan fingerprint density at radius 2 is 0.710 bits per heavy atom. The molecule has 1 atom stereocenters. The lowest BCUT2D eigenvalue weighted by molar-refractivity contribution is -0.167. The molecule has 0 saturated heterocycles. The number of hydrogen-bond donors (Lipinski definition) is 0. The van der Waals surface area contributed by atoms with Gasteiger partial charge in [-0.3, -0.25) is 14.4 Å². The lowest BCUT2D eigenvalue weighted by Gasteiger charge is -2.18. The van der Waals surface area contributed by atoms with Gasteiger partial charge in [-0.1, -0.05) is 214 Å². The van der Waals surface area contributed by atoms with E-state index in [2.05, 4.69) is 118 Å². The summed E-state index contributed by atoms with van der Waals surface area (Å²) in [6, 6.07) is 0. The van der Waals surface area contributed by atoms with Crippen LogP contribution in [0.25, 0.3) is 0 Å². The number of carbonyl (C=O) groups is 3. The number of esters is 3. The van der Waals surface area contributed by atoms with Crippen LogP contribution in [0, 0.1) is 0 Å². The number of rotatable bonds is 44. The van der Waals surface area contributed by atoms with E-state index in [1.807, 2.05) is 0 Å². The van der Waals surface area contributed by atoms with Crippen LogP contribution >= 0.6 is 0 Å². The average molecular weight is 861 g/mol. The topological polar surface area (TPSA) is 78.9 Å². The van der Waals surface area contributed by atoms with Crippen LogP contribution in [0.4, 0.5) is 0 Å². The van der Waals surface area contributed by atoms with E-state index in [9.17, 15) is 14.4 Å². The zero-order chi connectivity index (χ0) is 45.1. The number of unbranched alkanes of at least 4 members (excludes halogenated alkanes) is 19. The monoisotopic (exact) mass is 861 g/mol. The van der Waals surface area contributed by atoms with E-state index in [0.29, 0.717) is 19.3 Å². The Morgan fingerprint density at radius 3 is 1.15 bits per heavy atom. The predicted octanol–water partition coefficient (Wildman–Crippen LogP) is 16.6. The normalized spacial score (nSPS) is 12.9. The summed E-state index contributed by atoms with van der Waals surface area (Å²) < 4.78 is 16.7. The van der Waals surface area contributed by atoms with Crippen molar-refractivity contribution in [3.8, 4) is 0 Å². The molecule has 0 heterocycles. The van der Waals surface area contributed by atoms with Crippen LogP contribution < -0.4 is 0 Å². The molecule has 0 rings (SSSR count). The van der Waals surface area contributed by atoms with Crippen molar-refractivity contribution in [2.75, 3.05) is 13.2 Å². The van der Waals surface area contributed by atoms with Crippen molar-refractivity contribution in [3.05, 3.63) is 97.2 Å². The Labute approximate surface area is 381 Å². The highest BCUT2D eigenvalue weighted by Gasteiger charge is 2.19. The first-order valence-electron chi connectivity index (χ1n) is 25.3. The van der Waals surface area contributed by atoms with Crippen LogP contribution in [0.2, 0.25) is 0 Å². The van der Waals surface area contributed by atoms with Crippen molar-refractivity contribution in [3.63, 3.8) is 0 Å². The summed E-state index contributed by atoms with van der Waals surface area (Å²) in [7, 11) is 0. The maximum absolute atomic E-state index is 12.7. The maximum atomic E-state index is 12.7. The fourth-order valence-electron chi connectivity index (χ4n) is 6.60. The number of hydrogen-bond acceptors (Lipinski definition) is 6. The molecule has 0 saturated carbocycles. The van der Waals surface area contributed by atoms with Gasteiger partial charge in [0.25, 0.3) is 0 Å². The van der Waals surface area contributed by atoms with Crippen molar-refractivity contribution in [1.82, 2.24) is 0 Å². The van der Waals surface area contributed by atoms with Gasteiger partial charge in [0.15, 0.2) is 6.10 Å². The predicted molar refractivity (Wildman–Crippen MR) is 265 cm³/mol. The van der Waals surface area contributed by atoms with Gasteiger partial charge < -0.3 is 14.2 Å². The van der Waals surface area contributed by atoms with E-state index >= 15 is 0 Å². The minimum Gasteiger partial charge on any atom is -0.462 e. The van der Waals surface area contributed by atoms with E-state index in [-0.39, 0.29) is 37.5 Å². The van der Waals surface area contributed by atoms with Crippen molar-refractivity contribution >= 4 is 17.9 Å². The van der Waals surface area contributed by atoms with Gasteiger partial charge >= 0.3 is 17.9 Å². The lowest BCUT2D eigenvalue weighted by atomic mass is 10.1. The first kappa shape index (κ1) is 58.3. The first-order valence-corrected chi connectivity index (χ1v) is 25.3. The molecule has 0 amide bonds. The van der Waals surface area contributed by atoms with E-state index in [4.69, 9.17) is 14.2 Å². The lowest BCUT2D eigenvalue weighted by Crippen LogP contribution is -2.30. The van der Waals surface area contributed by atoms with Crippen LogP contribution in [0.5, 0.6) is 0 Å². The van der Waals surface area contributed by atoms with Gasteiger partial charge in [0.05, 0.1) is 0 Å². The van der Waals surface area contributed by atoms with Gasteiger partial charge in [0, 0.05) is 19.3 Å². The molecule has 0 spiro atoms. The minimum atomic E-state index is -0.813. The van der Waals surface area contributed by atoms with Gasteiger partial charge in [0.2, 0.25) is 0 Å².